The van der Waals surface area contributed by atoms with Crippen molar-refractivity contribution in [2.24, 2.45) is 0 Å². The Kier molecular flexibility index (Phi) is 4.83. The van der Waals surface area contributed by atoms with Crippen LogP contribution in [-0.2, 0) is 0 Å². The molecule has 1 saturated heterocycles. The van der Waals surface area contributed by atoms with Gasteiger partial charge < -0.3 is 10.1 Å². The largest absolute Gasteiger partial charge is 0.492 e. The van der Waals surface area contributed by atoms with Gasteiger partial charge in [-0.25, -0.2) is 0 Å². The zero-order valence-corrected chi connectivity index (χ0v) is 10.6. The van der Waals surface area contributed by atoms with Crippen molar-refractivity contribution in [3.8, 4) is 5.75 Å². The highest BCUT2D eigenvalue weighted by molar-refractivity contribution is 5.27. The van der Waals surface area contributed by atoms with E-state index in [1.807, 2.05) is 12.1 Å². The lowest BCUT2D eigenvalue weighted by atomic mass is 10.2. The number of rotatable bonds is 4. The Labute approximate surface area is 104 Å². The second kappa shape index (κ2) is 6.62. The molecule has 1 aliphatic rings. The van der Waals surface area contributed by atoms with Gasteiger partial charge in [0.1, 0.15) is 12.4 Å². The molecule has 0 radical (unpaired) electrons. The van der Waals surface area contributed by atoms with Crippen LogP contribution in [0.4, 0.5) is 0 Å². The first-order chi connectivity index (χ1) is 8.34. The summed E-state index contributed by atoms with van der Waals surface area (Å²) in [5.74, 6) is 0.984. The number of ether oxygens (including phenoxy) is 1. The summed E-state index contributed by atoms with van der Waals surface area (Å²) in [6.45, 7) is 8.47. The van der Waals surface area contributed by atoms with Crippen LogP contribution >= 0.6 is 0 Å². The Morgan fingerprint density at radius 3 is 3.12 bits per heavy atom. The molecule has 3 nitrogen and oxygen atoms in total. The van der Waals surface area contributed by atoms with Crippen molar-refractivity contribution in [1.29, 1.82) is 0 Å². The second-order valence-electron chi connectivity index (χ2n) is 4.61. The summed E-state index contributed by atoms with van der Waals surface area (Å²) in [5.41, 5.74) is 1.25. The molecule has 0 bridgehead atoms. The van der Waals surface area contributed by atoms with Gasteiger partial charge in [-0.2, -0.15) is 0 Å². The lowest BCUT2D eigenvalue weighted by molar-refractivity contribution is 0.217. The molecular formula is C14H22N2O. The van der Waals surface area contributed by atoms with Gasteiger partial charge in [0.05, 0.1) is 0 Å². The van der Waals surface area contributed by atoms with E-state index in [9.17, 15) is 0 Å². The summed E-state index contributed by atoms with van der Waals surface area (Å²) in [6, 6.07) is 8.24. The summed E-state index contributed by atoms with van der Waals surface area (Å²) in [5, 5.41) is 3.41. The fraction of sp³-hybridized carbons (Fsp3) is 0.571. The summed E-state index contributed by atoms with van der Waals surface area (Å²) in [4.78, 5) is 2.47. The van der Waals surface area contributed by atoms with Crippen LogP contribution in [0.3, 0.4) is 0 Å². The van der Waals surface area contributed by atoms with E-state index in [1.54, 1.807) is 0 Å². The third-order valence-corrected chi connectivity index (χ3v) is 3.10. The van der Waals surface area contributed by atoms with Crippen LogP contribution in [-0.4, -0.2) is 44.2 Å². The van der Waals surface area contributed by atoms with E-state index in [0.717, 1.165) is 38.5 Å². The number of hydrogen-bond acceptors (Lipinski definition) is 3. The fourth-order valence-corrected chi connectivity index (χ4v) is 2.12. The number of hydrogen-bond donors (Lipinski definition) is 1. The monoisotopic (exact) mass is 234 g/mol. The molecule has 0 aliphatic carbocycles. The zero-order chi connectivity index (χ0) is 11.9. The maximum atomic E-state index is 5.77. The highest BCUT2D eigenvalue weighted by Crippen LogP contribution is 2.12. The zero-order valence-electron chi connectivity index (χ0n) is 10.6. The van der Waals surface area contributed by atoms with Gasteiger partial charge in [0.2, 0.25) is 0 Å². The van der Waals surface area contributed by atoms with E-state index >= 15 is 0 Å². The van der Waals surface area contributed by atoms with Crippen molar-refractivity contribution in [1.82, 2.24) is 10.2 Å². The van der Waals surface area contributed by atoms with Crippen LogP contribution in [0.15, 0.2) is 24.3 Å². The van der Waals surface area contributed by atoms with Gasteiger partial charge in [-0.15, -0.1) is 0 Å². The number of aryl methyl sites for hydroxylation is 1. The molecule has 0 aromatic heterocycles. The molecule has 1 aromatic rings. The molecule has 0 unspecified atom stereocenters. The molecule has 0 atom stereocenters. The molecule has 0 saturated carbocycles. The van der Waals surface area contributed by atoms with Crippen LogP contribution in [0.1, 0.15) is 12.0 Å². The lowest BCUT2D eigenvalue weighted by Crippen LogP contribution is -2.31. The van der Waals surface area contributed by atoms with E-state index in [1.165, 1.54) is 18.5 Å². The average molecular weight is 234 g/mol. The van der Waals surface area contributed by atoms with Crippen molar-refractivity contribution in [3.63, 3.8) is 0 Å². The first-order valence-electron chi connectivity index (χ1n) is 6.47. The summed E-state index contributed by atoms with van der Waals surface area (Å²) in [6.07, 6.45) is 1.24. The molecular weight excluding hydrogens is 212 g/mol. The van der Waals surface area contributed by atoms with Gasteiger partial charge in [0, 0.05) is 19.6 Å². The first kappa shape index (κ1) is 12.4. The van der Waals surface area contributed by atoms with Crippen LogP contribution in [0.25, 0.3) is 0 Å². The van der Waals surface area contributed by atoms with Gasteiger partial charge in [-0.05, 0) is 44.1 Å². The second-order valence-corrected chi connectivity index (χ2v) is 4.61. The molecule has 3 heteroatoms. The minimum atomic E-state index is 0.781. The molecule has 1 N–H and O–H groups in total. The third-order valence-electron chi connectivity index (χ3n) is 3.10. The van der Waals surface area contributed by atoms with Crippen LogP contribution in [0.5, 0.6) is 5.75 Å². The van der Waals surface area contributed by atoms with Crippen LogP contribution < -0.4 is 10.1 Å². The van der Waals surface area contributed by atoms with Crippen molar-refractivity contribution in [2.75, 3.05) is 39.3 Å². The van der Waals surface area contributed by atoms with E-state index in [-0.39, 0.29) is 0 Å². The molecule has 1 heterocycles. The van der Waals surface area contributed by atoms with Crippen LogP contribution in [0, 0.1) is 6.92 Å². The minimum absolute atomic E-state index is 0.781. The summed E-state index contributed by atoms with van der Waals surface area (Å²) < 4.78 is 5.77. The van der Waals surface area contributed by atoms with E-state index in [0.29, 0.717) is 0 Å². The van der Waals surface area contributed by atoms with Gasteiger partial charge in [0.25, 0.3) is 0 Å². The van der Waals surface area contributed by atoms with E-state index in [4.69, 9.17) is 4.74 Å². The Bertz CT molecular complexity index is 333. The number of nitrogens with one attached hydrogen (secondary N) is 1. The molecule has 94 valence electrons. The Hall–Kier alpha value is -1.06. The molecule has 0 spiro atoms. The fourth-order valence-electron chi connectivity index (χ4n) is 2.12. The minimum Gasteiger partial charge on any atom is -0.492 e. The van der Waals surface area contributed by atoms with Crippen molar-refractivity contribution in [2.45, 2.75) is 13.3 Å². The smallest absolute Gasteiger partial charge is 0.119 e. The molecule has 1 aliphatic heterocycles. The molecule has 1 aromatic carbocycles. The van der Waals surface area contributed by atoms with Gasteiger partial charge >= 0.3 is 0 Å². The molecule has 1 fully saturated rings. The Morgan fingerprint density at radius 1 is 1.29 bits per heavy atom. The maximum absolute atomic E-state index is 5.77. The van der Waals surface area contributed by atoms with Gasteiger partial charge in [0.15, 0.2) is 0 Å². The predicted octanol–water partition coefficient (Wildman–Crippen LogP) is 1.67. The van der Waals surface area contributed by atoms with Crippen molar-refractivity contribution >= 4 is 0 Å². The lowest BCUT2D eigenvalue weighted by Gasteiger charge is -2.19. The van der Waals surface area contributed by atoms with E-state index < -0.39 is 0 Å². The Morgan fingerprint density at radius 2 is 2.24 bits per heavy atom. The average Bonchev–Trinajstić information content (AvgIpc) is 2.58. The molecule has 0 amide bonds. The highest BCUT2D eigenvalue weighted by atomic mass is 16.5. The van der Waals surface area contributed by atoms with Crippen LogP contribution in [0.2, 0.25) is 0 Å². The molecule has 17 heavy (non-hydrogen) atoms. The highest BCUT2D eigenvalue weighted by Gasteiger charge is 2.07. The maximum Gasteiger partial charge on any atom is 0.119 e. The normalized spacial score (nSPS) is 17.7. The SMILES string of the molecule is Cc1cccc(OCCN2CCCNCC2)c1. The first-order valence-corrected chi connectivity index (χ1v) is 6.47. The quantitative estimate of drug-likeness (QED) is 0.857. The van der Waals surface area contributed by atoms with E-state index in [2.05, 4.69) is 29.3 Å². The molecule has 2 rings (SSSR count). The number of nitrogens with zero attached hydrogens (tertiary/aromatic N) is 1. The predicted molar refractivity (Wildman–Crippen MR) is 70.6 cm³/mol. The van der Waals surface area contributed by atoms with Gasteiger partial charge in [-0.3, -0.25) is 4.90 Å². The third kappa shape index (κ3) is 4.36. The summed E-state index contributed by atoms with van der Waals surface area (Å²) >= 11 is 0. The summed E-state index contributed by atoms with van der Waals surface area (Å²) in [7, 11) is 0. The standard InChI is InChI=1S/C14H22N2O/c1-13-4-2-5-14(12-13)17-11-10-16-8-3-6-15-7-9-16/h2,4-5,12,15H,3,6-11H2,1H3. The van der Waals surface area contributed by atoms with Gasteiger partial charge in [-0.1, -0.05) is 12.1 Å². The van der Waals surface area contributed by atoms with Crippen molar-refractivity contribution in [3.05, 3.63) is 29.8 Å². The number of benzene rings is 1. The topological polar surface area (TPSA) is 24.5 Å². The van der Waals surface area contributed by atoms with Crippen molar-refractivity contribution < 1.29 is 4.74 Å². The Balaban J connectivity index is 1.71.